The van der Waals surface area contributed by atoms with Crippen molar-refractivity contribution in [3.63, 3.8) is 0 Å². The van der Waals surface area contributed by atoms with Crippen LogP contribution < -0.4 is 0 Å². The van der Waals surface area contributed by atoms with E-state index in [0.717, 1.165) is 11.1 Å². The minimum absolute atomic E-state index is 0.505. The van der Waals surface area contributed by atoms with E-state index in [2.05, 4.69) is 35.3 Å². The van der Waals surface area contributed by atoms with Crippen LogP contribution in [-0.2, 0) is 6.42 Å². The zero-order valence-electron chi connectivity index (χ0n) is 10.5. The number of aliphatic hydroxyl groups is 1. The first-order valence-electron chi connectivity index (χ1n) is 6.38. The van der Waals surface area contributed by atoms with Crippen molar-refractivity contribution < 1.29 is 5.11 Å². The number of hydrogen-bond acceptors (Lipinski definition) is 2. The van der Waals surface area contributed by atoms with Gasteiger partial charge in [0.2, 0.25) is 0 Å². The molecule has 1 atom stereocenters. The third kappa shape index (κ3) is 2.64. The number of aromatic nitrogens is 1. The van der Waals surface area contributed by atoms with Crippen LogP contribution in [0.3, 0.4) is 0 Å². The molecule has 0 fully saturated rings. The Hall–Kier alpha value is -2.19. The standard InChI is InChI=1S/C17H15NO/c19-17(16-6-3-9-18-12-16)11-13-7-8-14-4-1-2-5-15(14)10-13/h1-10,12,17,19H,11H2. The fourth-order valence-electron chi connectivity index (χ4n) is 2.28. The maximum absolute atomic E-state index is 10.2. The molecule has 1 unspecified atom stereocenters. The summed E-state index contributed by atoms with van der Waals surface area (Å²) in [5.74, 6) is 0. The Bertz CT molecular complexity index is 679. The van der Waals surface area contributed by atoms with Crippen molar-refractivity contribution >= 4 is 10.8 Å². The van der Waals surface area contributed by atoms with E-state index in [-0.39, 0.29) is 0 Å². The molecule has 0 saturated heterocycles. The highest BCUT2D eigenvalue weighted by Gasteiger charge is 2.08. The van der Waals surface area contributed by atoms with Gasteiger partial charge in [-0.2, -0.15) is 0 Å². The lowest BCUT2D eigenvalue weighted by Gasteiger charge is -2.11. The SMILES string of the molecule is OC(Cc1ccc2ccccc2c1)c1cccnc1. The smallest absolute Gasteiger partial charge is 0.0845 e. The molecule has 0 aliphatic rings. The lowest BCUT2D eigenvalue weighted by atomic mass is 10.00. The van der Waals surface area contributed by atoms with Gasteiger partial charge in [0.05, 0.1) is 6.10 Å². The predicted octanol–water partition coefficient (Wildman–Crippen LogP) is 3.51. The average Bonchev–Trinajstić information content (AvgIpc) is 2.48. The Labute approximate surface area is 112 Å². The lowest BCUT2D eigenvalue weighted by Crippen LogP contribution is -2.02. The van der Waals surface area contributed by atoms with Crippen LogP contribution in [0, 0.1) is 0 Å². The van der Waals surface area contributed by atoms with Gasteiger partial charge in [0, 0.05) is 18.8 Å². The van der Waals surface area contributed by atoms with Gasteiger partial charge in [0.15, 0.2) is 0 Å². The van der Waals surface area contributed by atoms with E-state index in [1.54, 1.807) is 12.4 Å². The van der Waals surface area contributed by atoms with Crippen LogP contribution in [0.2, 0.25) is 0 Å². The van der Waals surface area contributed by atoms with E-state index in [9.17, 15) is 5.11 Å². The largest absolute Gasteiger partial charge is 0.388 e. The third-order valence-corrected chi connectivity index (χ3v) is 3.31. The number of aliphatic hydroxyl groups excluding tert-OH is 1. The molecule has 0 radical (unpaired) electrons. The van der Waals surface area contributed by atoms with Crippen molar-refractivity contribution in [3.05, 3.63) is 78.1 Å². The van der Waals surface area contributed by atoms with Gasteiger partial charge in [-0.1, -0.05) is 48.5 Å². The molecule has 0 bridgehead atoms. The van der Waals surface area contributed by atoms with Crippen LogP contribution in [0.1, 0.15) is 17.2 Å². The molecule has 2 heteroatoms. The summed E-state index contributed by atoms with van der Waals surface area (Å²) in [4.78, 5) is 4.04. The highest BCUT2D eigenvalue weighted by molar-refractivity contribution is 5.82. The summed E-state index contributed by atoms with van der Waals surface area (Å²) in [6, 6.07) is 18.3. The van der Waals surface area contributed by atoms with E-state index in [4.69, 9.17) is 0 Å². The van der Waals surface area contributed by atoms with Gasteiger partial charge >= 0.3 is 0 Å². The summed E-state index contributed by atoms with van der Waals surface area (Å²) >= 11 is 0. The van der Waals surface area contributed by atoms with Crippen molar-refractivity contribution in [2.24, 2.45) is 0 Å². The maximum atomic E-state index is 10.2. The molecule has 0 amide bonds. The summed E-state index contributed by atoms with van der Waals surface area (Å²) in [7, 11) is 0. The summed E-state index contributed by atoms with van der Waals surface area (Å²) < 4.78 is 0. The molecular weight excluding hydrogens is 234 g/mol. The van der Waals surface area contributed by atoms with Gasteiger partial charge in [0.1, 0.15) is 0 Å². The number of pyridine rings is 1. The Kier molecular flexibility index (Phi) is 3.25. The van der Waals surface area contributed by atoms with Crippen LogP contribution in [0.25, 0.3) is 10.8 Å². The molecule has 94 valence electrons. The molecule has 1 heterocycles. The predicted molar refractivity (Wildman–Crippen MR) is 76.8 cm³/mol. The van der Waals surface area contributed by atoms with E-state index < -0.39 is 6.10 Å². The molecule has 0 aliphatic heterocycles. The molecule has 0 saturated carbocycles. The molecule has 2 nitrogen and oxygen atoms in total. The van der Waals surface area contributed by atoms with Crippen molar-refractivity contribution in [3.8, 4) is 0 Å². The first-order chi connectivity index (χ1) is 9.33. The van der Waals surface area contributed by atoms with Crippen LogP contribution in [-0.4, -0.2) is 10.1 Å². The minimum atomic E-state index is -0.505. The maximum Gasteiger partial charge on any atom is 0.0845 e. The molecule has 0 spiro atoms. The topological polar surface area (TPSA) is 33.1 Å². The third-order valence-electron chi connectivity index (χ3n) is 3.31. The van der Waals surface area contributed by atoms with E-state index in [1.165, 1.54) is 10.8 Å². The van der Waals surface area contributed by atoms with Crippen LogP contribution >= 0.6 is 0 Å². The fraction of sp³-hybridized carbons (Fsp3) is 0.118. The highest BCUT2D eigenvalue weighted by atomic mass is 16.3. The van der Waals surface area contributed by atoms with E-state index in [1.807, 2.05) is 24.3 Å². The number of fused-ring (bicyclic) bond motifs is 1. The van der Waals surface area contributed by atoms with E-state index >= 15 is 0 Å². The molecule has 0 aliphatic carbocycles. The van der Waals surface area contributed by atoms with Gasteiger partial charge in [-0.3, -0.25) is 4.98 Å². The van der Waals surface area contributed by atoms with Crippen molar-refractivity contribution in [2.45, 2.75) is 12.5 Å². The second-order valence-corrected chi connectivity index (χ2v) is 4.69. The number of hydrogen-bond donors (Lipinski definition) is 1. The summed E-state index contributed by atoms with van der Waals surface area (Å²) in [6.07, 6.45) is 3.53. The molecular formula is C17H15NO. The zero-order chi connectivity index (χ0) is 13.1. The Balaban J connectivity index is 1.85. The van der Waals surface area contributed by atoms with Crippen LogP contribution in [0.5, 0.6) is 0 Å². The van der Waals surface area contributed by atoms with E-state index in [0.29, 0.717) is 6.42 Å². The fourth-order valence-corrected chi connectivity index (χ4v) is 2.28. The first-order valence-corrected chi connectivity index (χ1v) is 6.38. The lowest BCUT2D eigenvalue weighted by molar-refractivity contribution is 0.178. The highest BCUT2D eigenvalue weighted by Crippen LogP contribution is 2.21. The number of benzene rings is 2. The van der Waals surface area contributed by atoms with Crippen molar-refractivity contribution in [1.29, 1.82) is 0 Å². The number of rotatable bonds is 3. The normalized spacial score (nSPS) is 12.5. The van der Waals surface area contributed by atoms with Gasteiger partial charge in [-0.05, 0) is 28.0 Å². The van der Waals surface area contributed by atoms with Crippen LogP contribution in [0.15, 0.2) is 67.0 Å². The van der Waals surface area contributed by atoms with Gasteiger partial charge in [0.25, 0.3) is 0 Å². The van der Waals surface area contributed by atoms with Crippen LogP contribution in [0.4, 0.5) is 0 Å². The summed E-state index contributed by atoms with van der Waals surface area (Å²) in [5, 5.41) is 12.6. The minimum Gasteiger partial charge on any atom is -0.388 e. The quantitative estimate of drug-likeness (QED) is 0.770. The Morgan fingerprint density at radius 3 is 2.58 bits per heavy atom. The molecule has 19 heavy (non-hydrogen) atoms. The van der Waals surface area contributed by atoms with Gasteiger partial charge < -0.3 is 5.11 Å². The monoisotopic (exact) mass is 249 g/mol. The molecule has 3 rings (SSSR count). The second-order valence-electron chi connectivity index (χ2n) is 4.69. The first kappa shape index (κ1) is 11.9. The average molecular weight is 249 g/mol. The van der Waals surface area contributed by atoms with Gasteiger partial charge in [-0.15, -0.1) is 0 Å². The molecule has 2 aromatic carbocycles. The second kappa shape index (κ2) is 5.21. The number of nitrogens with zero attached hydrogens (tertiary/aromatic N) is 1. The van der Waals surface area contributed by atoms with Crippen molar-refractivity contribution in [1.82, 2.24) is 4.98 Å². The zero-order valence-corrected chi connectivity index (χ0v) is 10.5. The van der Waals surface area contributed by atoms with Crippen molar-refractivity contribution in [2.75, 3.05) is 0 Å². The molecule has 1 aromatic heterocycles. The molecule has 1 N–H and O–H groups in total. The van der Waals surface area contributed by atoms with Gasteiger partial charge in [-0.25, -0.2) is 0 Å². The summed E-state index contributed by atoms with van der Waals surface area (Å²) in [5.41, 5.74) is 1.99. The molecule has 3 aromatic rings. The Morgan fingerprint density at radius 1 is 0.947 bits per heavy atom. The Morgan fingerprint density at radius 2 is 1.79 bits per heavy atom. The summed E-state index contributed by atoms with van der Waals surface area (Å²) in [6.45, 7) is 0.